The fourth-order valence-corrected chi connectivity index (χ4v) is 3.20. The summed E-state index contributed by atoms with van der Waals surface area (Å²) in [4.78, 5) is 48.1. The third-order valence-electron chi connectivity index (χ3n) is 4.25. The van der Waals surface area contributed by atoms with E-state index in [0.29, 0.717) is 0 Å². The predicted molar refractivity (Wildman–Crippen MR) is 86.4 cm³/mol. The number of aromatic nitrogens is 3. The standard InChI is InChI=1S/C14H17N3O6S/c1-5-14(6-2,11(19)20)12(21)23-10-7-8(15-24-10)16(3)13(22)17(4)9(7)18/h5-6H2,1-4H3,(H,19,20). The normalized spacial score (nSPS) is 11.7. The maximum absolute atomic E-state index is 12.4. The van der Waals surface area contributed by atoms with Crippen LogP contribution in [-0.4, -0.2) is 30.6 Å². The number of hydrogen-bond acceptors (Lipinski definition) is 7. The molecule has 0 aromatic carbocycles. The van der Waals surface area contributed by atoms with Crippen molar-refractivity contribution in [1.29, 1.82) is 0 Å². The molecule has 0 unspecified atom stereocenters. The van der Waals surface area contributed by atoms with Gasteiger partial charge in [-0.1, -0.05) is 13.8 Å². The summed E-state index contributed by atoms with van der Waals surface area (Å²) in [5, 5.41) is 9.25. The highest BCUT2D eigenvalue weighted by atomic mass is 32.1. The van der Waals surface area contributed by atoms with Gasteiger partial charge in [0.2, 0.25) is 5.06 Å². The second-order valence-corrected chi connectivity index (χ2v) is 6.09. The quantitative estimate of drug-likeness (QED) is 0.612. The van der Waals surface area contributed by atoms with Crippen LogP contribution in [0.4, 0.5) is 0 Å². The Bertz CT molecular complexity index is 934. The maximum atomic E-state index is 12.4. The molecule has 10 heteroatoms. The van der Waals surface area contributed by atoms with Gasteiger partial charge in [-0.2, -0.15) is 4.37 Å². The number of aliphatic carboxylic acids is 1. The lowest BCUT2D eigenvalue weighted by molar-refractivity contribution is -0.163. The van der Waals surface area contributed by atoms with Gasteiger partial charge in [0.1, 0.15) is 5.39 Å². The highest BCUT2D eigenvalue weighted by molar-refractivity contribution is 7.09. The van der Waals surface area contributed by atoms with Gasteiger partial charge in [0.25, 0.3) is 5.56 Å². The molecule has 2 aromatic rings. The summed E-state index contributed by atoms with van der Waals surface area (Å²) in [6, 6.07) is 0. The SMILES string of the molecule is CCC(CC)(C(=O)O)C(=O)Oc1snc2c1c(=O)n(C)c(=O)n2C. The molecule has 0 fully saturated rings. The van der Waals surface area contributed by atoms with Crippen LogP contribution in [0, 0.1) is 5.41 Å². The molecule has 0 saturated carbocycles. The first-order chi connectivity index (χ1) is 11.2. The number of aryl methyl sites for hydroxylation is 1. The van der Waals surface area contributed by atoms with Crippen molar-refractivity contribution in [2.24, 2.45) is 19.5 Å². The van der Waals surface area contributed by atoms with Crippen LogP contribution in [0.15, 0.2) is 9.59 Å². The van der Waals surface area contributed by atoms with Crippen LogP contribution >= 0.6 is 11.5 Å². The van der Waals surface area contributed by atoms with Crippen molar-refractivity contribution in [2.75, 3.05) is 0 Å². The Morgan fingerprint density at radius 3 is 2.29 bits per heavy atom. The molecular formula is C14H17N3O6S. The summed E-state index contributed by atoms with van der Waals surface area (Å²) in [5.41, 5.74) is -2.82. The van der Waals surface area contributed by atoms with Crippen LogP contribution in [0.3, 0.4) is 0 Å². The highest BCUT2D eigenvalue weighted by Gasteiger charge is 2.45. The summed E-state index contributed by atoms with van der Waals surface area (Å²) in [6.45, 7) is 3.15. The number of hydrogen-bond donors (Lipinski definition) is 1. The van der Waals surface area contributed by atoms with E-state index in [1.807, 2.05) is 0 Å². The van der Waals surface area contributed by atoms with Gasteiger partial charge in [-0.05, 0) is 12.8 Å². The maximum Gasteiger partial charge on any atom is 0.332 e. The van der Waals surface area contributed by atoms with E-state index in [1.165, 1.54) is 14.1 Å². The molecule has 0 aliphatic heterocycles. The average Bonchev–Trinajstić information content (AvgIpc) is 2.96. The Labute approximate surface area is 140 Å². The van der Waals surface area contributed by atoms with Crippen molar-refractivity contribution >= 4 is 34.5 Å². The Balaban J connectivity index is 2.60. The van der Waals surface area contributed by atoms with Crippen molar-refractivity contribution in [1.82, 2.24) is 13.5 Å². The number of nitrogens with zero attached hydrogens (tertiary/aromatic N) is 3. The predicted octanol–water partition coefficient (Wildman–Crippen LogP) is 0.490. The van der Waals surface area contributed by atoms with E-state index in [1.54, 1.807) is 13.8 Å². The van der Waals surface area contributed by atoms with E-state index in [9.17, 15) is 24.3 Å². The molecule has 0 radical (unpaired) electrons. The second-order valence-electron chi connectivity index (χ2n) is 5.36. The molecule has 1 N–H and O–H groups in total. The summed E-state index contributed by atoms with van der Waals surface area (Å²) in [6.07, 6.45) is 0.0931. The zero-order valence-electron chi connectivity index (χ0n) is 13.7. The first-order valence-electron chi connectivity index (χ1n) is 7.22. The van der Waals surface area contributed by atoms with Crippen LogP contribution in [0.2, 0.25) is 0 Å². The third kappa shape index (κ3) is 2.42. The monoisotopic (exact) mass is 355 g/mol. The van der Waals surface area contributed by atoms with E-state index in [2.05, 4.69) is 4.37 Å². The van der Waals surface area contributed by atoms with Crippen molar-refractivity contribution in [3.8, 4) is 5.06 Å². The third-order valence-corrected chi connectivity index (χ3v) is 4.96. The van der Waals surface area contributed by atoms with Gasteiger partial charge in [0, 0.05) is 25.6 Å². The van der Waals surface area contributed by atoms with Crippen LogP contribution in [-0.2, 0) is 23.7 Å². The molecular weight excluding hydrogens is 338 g/mol. The van der Waals surface area contributed by atoms with E-state index in [-0.39, 0.29) is 28.9 Å². The van der Waals surface area contributed by atoms with Gasteiger partial charge in [0.15, 0.2) is 11.1 Å². The number of carboxylic acids is 1. The Morgan fingerprint density at radius 2 is 1.79 bits per heavy atom. The topological polar surface area (TPSA) is 120 Å². The smallest absolute Gasteiger partial charge is 0.332 e. The average molecular weight is 355 g/mol. The van der Waals surface area contributed by atoms with Gasteiger partial charge in [-0.25, -0.2) is 4.79 Å². The van der Waals surface area contributed by atoms with E-state index in [0.717, 1.165) is 20.7 Å². The molecule has 24 heavy (non-hydrogen) atoms. The first kappa shape index (κ1) is 17.9. The fraction of sp³-hybridized carbons (Fsp3) is 0.500. The lowest BCUT2D eigenvalue weighted by atomic mass is 9.82. The summed E-state index contributed by atoms with van der Waals surface area (Å²) in [7, 11) is 2.74. The summed E-state index contributed by atoms with van der Waals surface area (Å²) >= 11 is 0.727. The first-order valence-corrected chi connectivity index (χ1v) is 7.99. The zero-order valence-corrected chi connectivity index (χ0v) is 14.5. The van der Waals surface area contributed by atoms with Crippen LogP contribution in [0.25, 0.3) is 11.0 Å². The highest BCUT2D eigenvalue weighted by Crippen LogP contribution is 2.33. The lowest BCUT2D eigenvalue weighted by Gasteiger charge is -2.23. The molecule has 2 heterocycles. The van der Waals surface area contributed by atoms with Crippen LogP contribution < -0.4 is 16.0 Å². The summed E-state index contributed by atoms with van der Waals surface area (Å²) in [5.74, 6) is -2.24. The minimum atomic E-state index is -1.69. The Hall–Kier alpha value is -2.49. The van der Waals surface area contributed by atoms with Crippen molar-refractivity contribution in [3.63, 3.8) is 0 Å². The number of fused-ring (bicyclic) bond motifs is 1. The molecule has 0 spiro atoms. The number of ether oxygens (including phenoxy) is 1. The Morgan fingerprint density at radius 1 is 1.21 bits per heavy atom. The van der Waals surface area contributed by atoms with Gasteiger partial charge in [-0.3, -0.25) is 23.5 Å². The van der Waals surface area contributed by atoms with Crippen molar-refractivity contribution < 1.29 is 19.4 Å². The van der Waals surface area contributed by atoms with E-state index in [4.69, 9.17) is 4.74 Å². The van der Waals surface area contributed by atoms with E-state index >= 15 is 0 Å². The van der Waals surface area contributed by atoms with Crippen molar-refractivity contribution in [2.45, 2.75) is 26.7 Å². The van der Waals surface area contributed by atoms with Crippen LogP contribution in [0.1, 0.15) is 26.7 Å². The molecule has 0 bridgehead atoms. The number of esters is 1. The minimum absolute atomic E-state index is 0.0237. The van der Waals surface area contributed by atoms with Crippen molar-refractivity contribution in [3.05, 3.63) is 20.8 Å². The largest absolute Gasteiger partial charge is 0.480 e. The number of rotatable bonds is 5. The van der Waals surface area contributed by atoms with Gasteiger partial charge in [-0.15, -0.1) is 0 Å². The van der Waals surface area contributed by atoms with Gasteiger partial charge >= 0.3 is 17.6 Å². The molecule has 9 nitrogen and oxygen atoms in total. The molecule has 0 amide bonds. The molecule has 2 aromatic heterocycles. The molecule has 0 saturated heterocycles. The van der Waals surface area contributed by atoms with E-state index < -0.39 is 28.6 Å². The molecule has 130 valence electrons. The van der Waals surface area contributed by atoms with Gasteiger partial charge < -0.3 is 9.84 Å². The fourth-order valence-electron chi connectivity index (χ4n) is 2.43. The summed E-state index contributed by atoms with van der Waals surface area (Å²) < 4.78 is 11.2. The number of carboxylic acid groups (broad SMARTS) is 1. The van der Waals surface area contributed by atoms with Gasteiger partial charge in [0.05, 0.1) is 0 Å². The molecule has 0 aliphatic carbocycles. The number of carbonyl (C=O) groups excluding carboxylic acids is 1. The molecule has 2 rings (SSSR count). The lowest BCUT2D eigenvalue weighted by Crippen LogP contribution is -2.41. The second kappa shape index (κ2) is 6.19. The molecule has 0 aliphatic rings. The van der Waals surface area contributed by atoms with Crippen LogP contribution in [0.5, 0.6) is 5.06 Å². The molecule has 0 atom stereocenters. The minimum Gasteiger partial charge on any atom is -0.480 e. The zero-order chi connectivity index (χ0) is 18.2. The number of carbonyl (C=O) groups is 2. The Kier molecular flexibility index (Phi) is 4.61.